The first-order valence-electron chi connectivity index (χ1n) is 4.73. The van der Waals surface area contributed by atoms with Crippen molar-refractivity contribution in [3.8, 4) is 0 Å². The zero-order valence-corrected chi connectivity index (χ0v) is 9.08. The molecule has 0 nitrogen and oxygen atoms in total. The van der Waals surface area contributed by atoms with Crippen LogP contribution in [0.25, 0.3) is 0 Å². The predicted octanol–water partition coefficient (Wildman–Crippen LogP) is 4.51. The summed E-state index contributed by atoms with van der Waals surface area (Å²) in [5, 5.41) is 0. The summed E-state index contributed by atoms with van der Waals surface area (Å²) in [4.78, 5) is 0. The van der Waals surface area contributed by atoms with Gasteiger partial charge in [-0.2, -0.15) is 26.3 Å². The minimum atomic E-state index is -5.33. The molecule has 96 valence electrons. The van der Waals surface area contributed by atoms with Gasteiger partial charge < -0.3 is 0 Å². The van der Waals surface area contributed by atoms with Gasteiger partial charge in [-0.05, 0) is 19.4 Å². The van der Waals surface area contributed by atoms with E-state index in [2.05, 4.69) is 0 Å². The van der Waals surface area contributed by atoms with Crippen LogP contribution in [0.2, 0.25) is 0 Å². The Morgan fingerprint density at radius 2 is 1.12 bits per heavy atom. The molecule has 0 saturated heterocycles. The summed E-state index contributed by atoms with van der Waals surface area (Å²) in [7, 11) is 0. The maximum atomic E-state index is 12.4. The number of halogens is 6. The van der Waals surface area contributed by atoms with Gasteiger partial charge in [-0.1, -0.05) is 29.3 Å². The Morgan fingerprint density at radius 1 is 0.765 bits per heavy atom. The van der Waals surface area contributed by atoms with E-state index in [0.717, 1.165) is 12.1 Å². The maximum absolute atomic E-state index is 12.4. The van der Waals surface area contributed by atoms with E-state index in [9.17, 15) is 26.3 Å². The first-order valence-corrected chi connectivity index (χ1v) is 4.73. The van der Waals surface area contributed by atoms with Crippen LogP contribution in [0.5, 0.6) is 0 Å². The highest BCUT2D eigenvalue weighted by Gasteiger charge is 2.57. The Bertz CT molecular complexity index is 367. The van der Waals surface area contributed by atoms with Gasteiger partial charge >= 0.3 is 12.4 Å². The van der Waals surface area contributed by atoms with Crippen LogP contribution in [0, 0.1) is 13.8 Å². The van der Waals surface area contributed by atoms with Gasteiger partial charge in [-0.15, -0.1) is 0 Å². The van der Waals surface area contributed by atoms with Crippen molar-refractivity contribution >= 4 is 0 Å². The molecule has 0 saturated carbocycles. The fourth-order valence-electron chi connectivity index (χ4n) is 1.74. The van der Waals surface area contributed by atoms with Gasteiger partial charge in [-0.25, -0.2) is 0 Å². The number of hydrogen-bond donors (Lipinski definition) is 0. The molecule has 1 aromatic carbocycles. The normalized spacial score (nSPS) is 13.2. The van der Waals surface area contributed by atoms with E-state index in [-0.39, 0.29) is 0 Å². The molecular formula is C11H10F6. The molecule has 0 radical (unpaired) electrons. The summed E-state index contributed by atoms with van der Waals surface area (Å²) in [5.41, 5.74) is -0.0144. The maximum Gasteiger partial charge on any atom is 0.404 e. The Balaban J connectivity index is 3.33. The molecule has 0 atom stereocenters. The third kappa shape index (κ3) is 3.38. The second kappa shape index (κ2) is 4.23. The van der Waals surface area contributed by atoms with Crippen molar-refractivity contribution < 1.29 is 26.3 Å². The lowest BCUT2D eigenvalue weighted by atomic mass is 9.94. The van der Waals surface area contributed by atoms with E-state index in [1.807, 2.05) is 0 Å². The average Bonchev–Trinajstić information content (AvgIpc) is 1.93. The average molecular weight is 256 g/mol. The Kier molecular flexibility index (Phi) is 3.45. The summed E-state index contributed by atoms with van der Waals surface area (Å²) in [5.74, 6) is -3.42. The van der Waals surface area contributed by atoms with Gasteiger partial charge in [0, 0.05) is 0 Å². The summed E-state index contributed by atoms with van der Waals surface area (Å²) < 4.78 is 74.7. The van der Waals surface area contributed by atoms with Gasteiger partial charge in [0.25, 0.3) is 0 Å². The lowest BCUT2D eigenvalue weighted by Gasteiger charge is -2.23. The summed E-state index contributed by atoms with van der Waals surface area (Å²) in [6.07, 6.45) is -10.7. The lowest BCUT2D eigenvalue weighted by Crippen LogP contribution is -2.34. The number of alkyl halides is 6. The zero-order chi connectivity index (χ0) is 13.4. The number of aryl methyl sites for hydroxylation is 2. The number of rotatable bonds is 1. The third-order valence-electron chi connectivity index (χ3n) is 2.23. The summed E-state index contributed by atoms with van der Waals surface area (Å²) in [6, 6.07) is 3.35. The van der Waals surface area contributed by atoms with Gasteiger partial charge in [0.1, 0.15) is 0 Å². The zero-order valence-electron chi connectivity index (χ0n) is 9.08. The molecule has 6 heteroatoms. The molecule has 0 heterocycles. The second-order valence-electron chi connectivity index (χ2n) is 3.94. The number of benzene rings is 1. The van der Waals surface area contributed by atoms with Gasteiger partial charge in [0.05, 0.1) is 0 Å². The lowest BCUT2D eigenvalue weighted by molar-refractivity contribution is -0.253. The molecule has 1 aromatic rings. The van der Waals surface area contributed by atoms with E-state index in [0.29, 0.717) is 11.1 Å². The van der Waals surface area contributed by atoms with E-state index in [4.69, 9.17) is 0 Å². The molecule has 0 fully saturated rings. The van der Waals surface area contributed by atoms with Gasteiger partial charge in [-0.3, -0.25) is 0 Å². The molecule has 0 amide bonds. The van der Waals surface area contributed by atoms with Crippen LogP contribution in [0.1, 0.15) is 22.6 Å². The van der Waals surface area contributed by atoms with Crippen molar-refractivity contribution in [1.82, 2.24) is 0 Å². The summed E-state index contributed by atoms with van der Waals surface area (Å²) >= 11 is 0. The smallest absolute Gasteiger partial charge is 0.170 e. The molecule has 0 spiro atoms. The molecule has 0 aromatic heterocycles. The van der Waals surface area contributed by atoms with Crippen molar-refractivity contribution in [3.63, 3.8) is 0 Å². The SMILES string of the molecule is Cc1cc(C)cc(C(C(F)(F)F)C(F)(F)F)c1. The minimum absolute atomic E-state index is 0.374. The van der Waals surface area contributed by atoms with Crippen molar-refractivity contribution in [2.45, 2.75) is 32.1 Å². The standard InChI is InChI=1S/C11H10F6/c1-6-3-7(2)5-8(4-6)9(10(12,13)14)11(15,16)17/h3-5,9H,1-2H3. The van der Waals surface area contributed by atoms with Gasteiger partial charge in [0.2, 0.25) is 0 Å². The molecule has 0 bridgehead atoms. The highest BCUT2D eigenvalue weighted by Crippen LogP contribution is 2.46. The molecule has 1 rings (SSSR count). The third-order valence-corrected chi connectivity index (χ3v) is 2.23. The van der Waals surface area contributed by atoms with Crippen LogP contribution in [-0.4, -0.2) is 12.4 Å². The van der Waals surface area contributed by atoms with Crippen LogP contribution >= 0.6 is 0 Å². The van der Waals surface area contributed by atoms with Crippen LogP contribution in [0.3, 0.4) is 0 Å². The highest BCUT2D eigenvalue weighted by atomic mass is 19.4. The van der Waals surface area contributed by atoms with Crippen molar-refractivity contribution in [2.24, 2.45) is 0 Å². The van der Waals surface area contributed by atoms with Crippen LogP contribution in [-0.2, 0) is 0 Å². The van der Waals surface area contributed by atoms with E-state index >= 15 is 0 Å². The Labute approximate surface area is 94.2 Å². The largest absolute Gasteiger partial charge is 0.404 e. The summed E-state index contributed by atoms with van der Waals surface area (Å²) in [6.45, 7) is 2.92. The quantitative estimate of drug-likeness (QED) is 0.648. The predicted molar refractivity (Wildman–Crippen MR) is 50.8 cm³/mol. The molecular weight excluding hydrogens is 246 g/mol. The molecule has 17 heavy (non-hydrogen) atoms. The van der Waals surface area contributed by atoms with Crippen molar-refractivity contribution in [3.05, 3.63) is 34.9 Å². The topological polar surface area (TPSA) is 0 Å². The Morgan fingerprint density at radius 3 is 1.41 bits per heavy atom. The van der Waals surface area contributed by atoms with Crippen molar-refractivity contribution in [2.75, 3.05) is 0 Å². The van der Waals surface area contributed by atoms with E-state index < -0.39 is 23.8 Å². The van der Waals surface area contributed by atoms with E-state index in [1.54, 1.807) is 0 Å². The molecule has 0 N–H and O–H groups in total. The van der Waals surface area contributed by atoms with Crippen LogP contribution < -0.4 is 0 Å². The molecule has 0 aliphatic heterocycles. The first-order chi connectivity index (χ1) is 7.51. The monoisotopic (exact) mass is 256 g/mol. The minimum Gasteiger partial charge on any atom is -0.170 e. The molecule has 0 aliphatic carbocycles. The fraction of sp³-hybridized carbons (Fsp3) is 0.455. The van der Waals surface area contributed by atoms with Crippen LogP contribution in [0.4, 0.5) is 26.3 Å². The van der Waals surface area contributed by atoms with Crippen molar-refractivity contribution in [1.29, 1.82) is 0 Å². The Hall–Kier alpha value is -1.20. The second-order valence-corrected chi connectivity index (χ2v) is 3.94. The molecule has 0 aliphatic rings. The fourth-order valence-corrected chi connectivity index (χ4v) is 1.74. The van der Waals surface area contributed by atoms with Crippen LogP contribution in [0.15, 0.2) is 18.2 Å². The van der Waals surface area contributed by atoms with Gasteiger partial charge in [0.15, 0.2) is 5.92 Å². The van der Waals surface area contributed by atoms with E-state index in [1.165, 1.54) is 19.9 Å². The first kappa shape index (κ1) is 13.9. The highest BCUT2D eigenvalue weighted by molar-refractivity contribution is 5.32. The number of hydrogen-bond acceptors (Lipinski definition) is 0. The molecule has 0 unspecified atom stereocenters.